The van der Waals surface area contributed by atoms with Gasteiger partial charge in [0, 0.05) is 19.2 Å². The Morgan fingerprint density at radius 3 is 2.72 bits per heavy atom. The van der Waals surface area contributed by atoms with Crippen molar-refractivity contribution in [1.29, 1.82) is 0 Å². The van der Waals surface area contributed by atoms with Gasteiger partial charge in [-0.05, 0) is 42.9 Å². The van der Waals surface area contributed by atoms with Crippen molar-refractivity contribution in [2.75, 3.05) is 13.2 Å². The predicted octanol–water partition coefficient (Wildman–Crippen LogP) is 2.99. The van der Waals surface area contributed by atoms with E-state index in [9.17, 15) is 19.1 Å². The maximum Gasteiger partial charge on any atom is 0.287 e. The number of aliphatic hydroxyl groups is 1. The molecule has 134 valence electrons. The van der Waals surface area contributed by atoms with Crippen LogP contribution in [0.3, 0.4) is 0 Å². The number of rotatable bonds is 5. The van der Waals surface area contributed by atoms with E-state index >= 15 is 0 Å². The van der Waals surface area contributed by atoms with Gasteiger partial charge in [0.1, 0.15) is 11.4 Å². The Hall–Kier alpha value is -2.21. The van der Waals surface area contributed by atoms with Crippen LogP contribution >= 0.6 is 0 Å². The second-order valence-electron chi connectivity index (χ2n) is 6.83. The van der Waals surface area contributed by atoms with Gasteiger partial charge >= 0.3 is 0 Å². The second-order valence-corrected chi connectivity index (χ2v) is 6.83. The first-order valence-corrected chi connectivity index (χ1v) is 8.65. The van der Waals surface area contributed by atoms with Crippen LogP contribution in [-0.4, -0.2) is 24.2 Å². The number of carbonyl (C=O) groups is 1. The molecule has 0 aliphatic heterocycles. The van der Waals surface area contributed by atoms with Gasteiger partial charge in [-0.1, -0.05) is 19.3 Å². The van der Waals surface area contributed by atoms with Crippen LogP contribution in [0.5, 0.6) is 0 Å². The molecule has 1 amide bonds. The van der Waals surface area contributed by atoms with Gasteiger partial charge in [0.25, 0.3) is 5.91 Å². The molecule has 0 spiro atoms. The molecule has 25 heavy (non-hydrogen) atoms. The lowest BCUT2D eigenvalue weighted by molar-refractivity contribution is 0.0844. The van der Waals surface area contributed by atoms with E-state index in [1.807, 2.05) is 0 Å². The molecule has 0 atom stereocenters. The van der Waals surface area contributed by atoms with Crippen LogP contribution in [0, 0.1) is 11.2 Å². The zero-order valence-electron chi connectivity index (χ0n) is 14.0. The number of fused-ring (bicyclic) bond motifs is 1. The summed E-state index contributed by atoms with van der Waals surface area (Å²) in [6, 6.07) is 4.72. The topological polar surface area (TPSA) is 79.5 Å². The van der Waals surface area contributed by atoms with Crippen molar-refractivity contribution in [3.63, 3.8) is 0 Å². The predicted molar refractivity (Wildman–Crippen MR) is 92.0 cm³/mol. The molecule has 5 nitrogen and oxygen atoms in total. The number of carbonyl (C=O) groups excluding carboxylic acids is 1. The van der Waals surface area contributed by atoms with Crippen LogP contribution < -0.4 is 10.7 Å². The summed E-state index contributed by atoms with van der Waals surface area (Å²) in [7, 11) is 0. The van der Waals surface area contributed by atoms with Gasteiger partial charge in [0.2, 0.25) is 0 Å². The number of nitrogens with one attached hydrogen (secondary N) is 1. The van der Waals surface area contributed by atoms with Crippen LogP contribution in [-0.2, 0) is 0 Å². The summed E-state index contributed by atoms with van der Waals surface area (Å²) in [4.78, 5) is 24.5. The number of hydrogen-bond donors (Lipinski definition) is 2. The zero-order valence-corrected chi connectivity index (χ0v) is 14.0. The molecule has 0 saturated heterocycles. The molecule has 1 aliphatic rings. The van der Waals surface area contributed by atoms with Gasteiger partial charge < -0.3 is 14.8 Å². The van der Waals surface area contributed by atoms with Crippen molar-refractivity contribution < 1.29 is 18.7 Å². The largest absolute Gasteiger partial charge is 0.451 e. The highest BCUT2D eigenvalue weighted by Crippen LogP contribution is 2.38. The van der Waals surface area contributed by atoms with E-state index in [1.54, 1.807) is 0 Å². The van der Waals surface area contributed by atoms with E-state index in [0.717, 1.165) is 37.8 Å². The smallest absolute Gasteiger partial charge is 0.287 e. The van der Waals surface area contributed by atoms with Crippen LogP contribution in [0.15, 0.2) is 33.5 Å². The third-order valence-corrected chi connectivity index (χ3v) is 5.09. The van der Waals surface area contributed by atoms with Crippen molar-refractivity contribution >= 4 is 16.9 Å². The summed E-state index contributed by atoms with van der Waals surface area (Å²) >= 11 is 0. The number of amides is 1. The van der Waals surface area contributed by atoms with Gasteiger partial charge in [-0.15, -0.1) is 0 Å². The van der Waals surface area contributed by atoms with Crippen LogP contribution in [0.2, 0.25) is 0 Å². The fourth-order valence-electron chi connectivity index (χ4n) is 3.65. The van der Waals surface area contributed by atoms with Crippen molar-refractivity contribution in [3.05, 3.63) is 46.1 Å². The molecule has 0 unspecified atom stereocenters. The summed E-state index contributed by atoms with van der Waals surface area (Å²) in [6.07, 6.45) is 5.94. The molecular formula is C19H22FNO4. The Bertz CT molecular complexity index is 818. The minimum Gasteiger partial charge on any atom is -0.451 e. The maximum absolute atomic E-state index is 13.2. The Morgan fingerprint density at radius 2 is 2.00 bits per heavy atom. The lowest BCUT2D eigenvalue weighted by Gasteiger charge is -2.37. The van der Waals surface area contributed by atoms with Crippen LogP contribution in [0.1, 0.15) is 49.1 Å². The Balaban J connectivity index is 1.77. The third kappa shape index (κ3) is 3.90. The molecule has 1 heterocycles. The highest BCUT2D eigenvalue weighted by Gasteiger charge is 2.32. The molecule has 6 heteroatoms. The monoisotopic (exact) mass is 347 g/mol. The Kier molecular flexibility index (Phi) is 5.18. The van der Waals surface area contributed by atoms with E-state index in [1.165, 1.54) is 18.6 Å². The van der Waals surface area contributed by atoms with Gasteiger partial charge in [-0.2, -0.15) is 0 Å². The summed E-state index contributed by atoms with van der Waals surface area (Å²) in [6.45, 7) is 0.532. The summed E-state index contributed by atoms with van der Waals surface area (Å²) in [5, 5.41) is 12.3. The molecule has 1 aromatic carbocycles. The van der Waals surface area contributed by atoms with E-state index < -0.39 is 17.2 Å². The number of halogens is 1. The second kappa shape index (κ2) is 7.35. The SMILES string of the molecule is O=C(NCC1(CCO)CCCCC1)c1cc(=O)c2cc(F)ccc2o1. The molecule has 1 saturated carbocycles. The molecule has 2 aromatic rings. The van der Waals surface area contributed by atoms with E-state index in [-0.39, 0.29) is 28.8 Å². The van der Waals surface area contributed by atoms with E-state index in [4.69, 9.17) is 4.42 Å². The number of hydrogen-bond acceptors (Lipinski definition) is 4. The van der Waals surface area contributed by atoms with Gasteiger partial charge in [0.05, 0.1) is 5.39 Å². The van der Waals surface area contributed by atoms with Gasteiger partial charge in [0.15, 0.2) is 11.2 Å². The fraction of sp³-hybridized carbons (Fsp3) is 0.474. The molecule has 1 fully saturated rings. The number of aliphatic hydroxyl groups excluding tert-OH is 1. The molecule has 3 rings (SSSR count). The van der Waals surface area contributed by atoms with Crippen molar-refractivity contribution in [2.24, 2.45) is 5.41 Å². The standard InChI is InChI=1S/C19H22FNO4/c20-13-4-5-16-14(10-13)15(23)11-17(25-16)18(24)21-12-19(8-9-22)6-2-1-3-7-19/h4-5,10-11,22H,1-3,6-9,12H2,(H,21,24). The third-order valence-electron chi connectivity index (χ3n) is 5.09. The van der Waals surface area contributed by atoms with Gasteiger partial charge in [-0.3, -0.25) is 9.59 Å². The molecule has 1 aliphatic carbocycles. The quantitative estimate of drug-likeness (QED) is 0.871. The lowest BCUT2D eigenvalue weighted by atomic mass is 9.72. The molecule has 2 N–H and O–H groups in total. The average molecular weight is 347 g/mol. The molecular weight excluding hydrogens is 325 g/mol. The number of benzene rings is 1. The van der Waals surface area contributed by atoms with Crippen molar-refractivity contribution in [3.8, 4) is 0 Å². The zero-order chi connectivity index (χ0) is 17.9. The highest BCUT2D eigenvalue weighted by molar-refractivity contribution is 5.93. The van der Waals surface area contributed by atoms with Crippen molar-refractivity contribution in [2.45, 2.75) is 38.5 Å². The van der Waals surface area contributed by atoms with Crippen molar-refractivity contribution in [1.82, 2.24) is 5.32 Å². The van der Waals surface area contributed by atoms with Crippen LogP contribution in [0.25, 0.3) is 11.0 Å². The summed E-state index contributed by atoms with van der Waals surface area (Å²) < 4.78 is 18.7. The average Bonchev–Trinajstić information content (AvgIpc) is 2.61. The Morgan fingerprint density at radius 1 is 1.24 bits per heavy atom. The maximum atomic E-state index is 13.2. The first-order chi connectivity index (χ1) is 12.0. The van der Waals surface area contributed by atoms with Crippen LogP contribution in [0.4, 0.5) is 4.39 Å². The summed E-state index contributed by atoms with van der Waals surface area (Å²) in [5.74, 6) is -1.08. The minimum absolute atomic E-state index is 0.0842. The first kappa shape index (κ1) is 17.6. The summed E-state index contributed by atoms with van der Waals surface area (Å²) in [5.41, 5.74) is -0.362. The highest BCUT2D eigenvalue weighted by atomic mass is 19.1. The van der Waals surface area contributed by atoms with E-state index in [0.29, 0.717) is 13.0 Å². The van der Waals surface area contributed by atoms with E-state index in [2.05, 4.69) is 5.32 Å². The lowest BCUT2D eigenvalue weighted by Crippen LogP contribution is -2.39. The fourth-order valence-corrected chi connectivity index (χ4v) is 3.65. The Labute approximate surface area is 144 Å². The normalized spacial score (nSPS) is 16.7. The molecule has 0 radical (unpaired) electrons. The first-order valence-electron chi connectivity index (χ1n) is 8.65. The molecule has 0 bridgehead atoms. The molecule has 1 aromatic heterocycles. The van der Waals surface area contributed by atoms with Gasteiger partial charge in [-0.25, -0.2) is 4.39 Å². The minimum atomic E-state index is -0.528.